The van der Waals surface area contributed by atoms with E-state index in [0.29, 0.717) is 13.0 Å². The molecule has 1 heterocycles. The summed E-state index contributed by atoms with van der Waals surface area (Å²) in [6, 6.07) is -0.164. The van der Waals surface area contributed by atoms with Gasteiger partial charge in [0.1, 0.15) is 0 Å². The number of amides is 1. The van der Waals surface area contributed by atoms with Crippen molar-refractivity contribution >= 4 is 15.7 Å². The van der Waals surface area contributed by atoms with E-state index in [9.17, 15) is 13.2 Å². The van der Waals surface area contributed by atoms with E-state index in [-0.39, 0.29) is 23.5 Å². The van der Waals surface area contributed by atoms with E-state index >= 15 is 0 Å². The van der Waals surface area contributed by atoms with Crippen molar-refractivity contribution < 1.29 is 13.2 Å². The summed E-state index contributed by atoms with van der Waals surface area (Å²) in [5.74, 6) is 0.359. The van der Waals surface area contributed by atoms with Gasteiger partial charge in [-0.05, 0) is 19.3 Å². The van der Waals surface area contributed by atoms with Crippen LogP contribution in [-0.2, 0) is 14.6 Å². The first kappa shape index (κ1) is 14.8. The van der Waals surface area contributed by atoms with E-state index in [1.807, 2.05) is 0 Å². The molecule has 1 aliphatic carbocycles. The monoisotopic (exact) mass is 288 g/mol. The molecule has 0 aromatic carbocycles. The Morgan fingerprint density at radius 3 is 2.42 bits per heavy atom. The lowest BCUT2D eigenvalue weighted by molar-refractivity contribution is -0.144. The van der Waals surface area contributed by atoms with Gasteiger partial charge in [0.05, 0.1) is 16.9 Å². The van der Waals surface area contributed by atoms with E-state index in [1.54, 1.807) is 11.9 Å². The van der Waals surface area contributed by atoms with Crippen LogP contribution in [0.5, 0.6) is 0 Å². The van der Waals surface area contributed by atoms with E-state index in [1.165, 1.54) is 0 Å². The molecule has 2 N–H and O–H groups in total. The highest BCUT2D eigenvalue weighted by Gasteiger charge is 2.43. The molecule has 0 spiro atoms. The number of rotatable bonds is 3. The Morgan fingerprint density at radius 1 is 1.32 bits per heavy atom. The van der Waals surface area contributed by atoms with Crippen LogP contribution in [0.1, 0.15) is 38.5 Å². The Hall–Kier alpha value is -0.620. The van der Waals surface area contributed by atoms with Gasteiger partial charge < -0.3 is 10.6 Å². The summed E-state index contributed by atoms with van der Waals surface area (Å²) >= 11 is 0. The molecule has 2 rings (SSSR count). The molecular formula is C13H24N2O3S. The zero-order chi connectivity index (χ0) is 14.1. The molecule has 2 aliphatic rings. The molecule has 1 unspecified atom stereocenters. The van der Waals surface area contributed by atoms with Gasteiger partial charge in [-0.15, -0.1) is 0 Å². The molecule has 1 saturated heterocycles. The number of nitrogens with two attached hydrogens (primary N) is 1. The molecule has 0 aromatic heterocycles. The summed E-state index contributed by atoms with van der Waals surface area (Å²) in [5, 5.41) is 0. The molecule has 0 radical (unpaired) electrons. The van der Waals surface area contributed by atoms with Gasteiger partial charge >= 0.3 is 0 Å². The number of hydrogen-bond acceptors (Lipinski definition) is 4. The maximum absolute atomic E-state index is 12.7. The third-order valence-corrected chi connectivity index (χ3v) is 6.48. The predicted octanol–water partition coefficient (Wildman–Crippen LogP) is 0.541. The van der Waals surface area contributed by atoms with Crippen LogP contribution in [0.3, 0.4) is 0 Å². The fourth-order valence-corrected chi connectivity index (χ4v) is 5.13. The first-order valence-corrected chi connectivity index (χ1v) is 8.90. The van der Waals surface area contributed by atoms with Gasteiger partial charge in [-0.1, -0.05) is 19.3 Å². The highest BCUT2D eigenvalue weighted by molar-refractivity contribution is 7.91. The predicted molar refractivity (Wildman–Crippen MR) is 74.4 cm³/mol. The van der Waals surface area contributed by atoms with Gasteiger partial charge in [-0.2, -0.15) is 0 Å². The zero-order valence-corrected chi connectivity index (χ0v) is 12.4. The van der Waals surface area contributed by atoms with Gasteiger partial charge in [0.2, 0.25) is 5.91 Å². The average Bonchev–Trinajstić information content (AvgIpc) is 2.78. The molecule has 2 fully saturated rings. The van der Waals surface area contributed by atoms with Crippen molar-refractivity contribution in [3.05, 3.63) is 0 Å². The molecule has 1 atom stereocenters. The van der Waals surface area contributed by atoms with Crippen molar-refractivity contribution in [2.45, 2.75) is 44.6 Å². The fourth-order valence-electron chi connectivity index (χ4n) is 3.35. The van der Waals surface area contributed by atoms with Gasteiger partial charge in [0, 0.05) is 19.6 Å². The van der Waals surface area contributed by atoms with Crippen LogP contribution in [-0.4, -0.2) is 50.4 Å². The molecule has 0 aromatic rings. The van der Waals surface area contributed by atoms with E-state index < -0.39 is 15.3 Å². The lowest BCUT2D eigenvalue weighted by Crippen LogP contribution is -2.51. The Balaban J connectivity index is 2.09. The Morgan fingerprint density at radius 2 is 1.95 bits per heavy atom. The smallest absolute Gasteiger partial charge is 0.230 e. The second-order valence-corrected chi connectivity index (χ2v) is 8.25. The maximum atomic E-state index is 12.7. The van der Waals surface area contributed by atoms with Crippen molar-refractivity contribution in [3.63, 3.8) is 0 Å². The lowest BCUT2D eigenvalue weighted by atomic mass is 9.73. The molecule has 0 bridgehead atoms. The summed E-state index contributed by atoms with van der Waals surface area (Å²) < 4.78 is 23.1. The molecule has 1 amide bonds. The topological polar surface area (TPSA) is 80.5 Å². The van der Waals surface area contributed by atoms with E-state index in [4.69, 9.17) is 5.73 Å². The molecule has 1 saturated carbocycles. The summed E-state index contributed by atoms with van der Waals surface area (Å²) in [5.41, 5.74) is 5.42. The summed E-state index contributed by atoms with van der Waals surface area (Å²) in [6.45, 7) is 0.371. The van der Waals surface area contributed by atoms with Crippen molar-refractivity contribution in [2.24, 2.45) is 11.1 Å². The SMILES string of the molecule is CN(C(=O)C1(CN)CCCCC1)C1CCS(=O)(=O)C1. The van der Waals surface area contributed by atoms with Gasteiger partial charge in [-0.3, -0.25) is 4.79 Å². The van der Waals surface area contributed by atoms with Crippen LogP contribution in [0.4, 0.5) is 0 Å². The van der Waals surface area contributed by atoms with Crippen LogP contribution in [0.25, 0.3) is 0 Å². The van der Waals surface area contributed by atoms with Crippen LogP contribution in [0, 0.1) is 5.41 Å². The minimum atomic E-state index is -2.96. The fraction of sp³-hybridized carbons (Fsp3) is 0.923. The molecule has 6 heteroatoms. The molecule has 19 heavy (non-hydrogen) atoms. The number of carbonyl (C=O) groups is 1. The van der Waals surface area contributed by atoms with Crippen molar-refractivity contribution in [2.75, 3.05) is 25.1 Å². The number of nitrogens with zero attached hydrogens (tertiary/aromatic N) is 1. The molecular weight excluding hydrogens is 264 g/mol. The zero-order valence-electron chi connectivity index (χ0n) is 11.6. The quantitative estimate of drug-likeness (QED) is 0.822. The largest absolute Gasteiger partial charge is 0.341 e. The summed E-state index contributed by atoms with van der Waals surface area (Å²) in [7, 11) is -1.22. The van der Waals surface area contributed by atoms with Crippen LogP contribution in [0.15, 0.2) is 0 Å². The molecule has 1 aliphatic heterocycles. The minimum absolute atomic E-state index is 0.0526. The second-order valence-electron chi connectivity index (χ2n) is 6.02. The Bertz CT molecular complexity index is 441. The first-order chi connectivity index (χ1) is 8.90. The van der Waals surface area contributed by atoms with Gasteiger partial charge in [-0.25, -0.2) is 8.42 Å². The van der Waals surface area contributed by atoms with Crippen LogP contribution in [0.2, 0.25) is 0 Å². The second kappa shape index (κ2) is 5.40. The Kier molecular flexibility index (Phi) is 4.20. The molecule has 5 nitrogen and oxygen atoms in total. The summed E-state index contributed by atoms with van der Waals surface area (Å²) in [6.07, 6.45) is 5.49. The minimum Gasteiger partial charge on any atom is -0.341 e. The highest BCUT2D eigenvalue weighted by atomic mass is 32.2. The third kappa shape index (κ3) is 2.94. The number of sulfone groups is 1. The normalized spacial score (nSPS) is 29.1. The van der Waals surface area contributed by atoms with Crippen molar-refractivity contribution in [1.82, 2.24) is 4.90 Å². The highest BCUT2D eigenvalue weighted by Crippen LogP contribution is 2.37. The van der Waals surface area contributed by atoms with Crippen molar-refractivity contribution in [1.29, 1.82) is 0 Å². The van der Waals surface area contributed by atoms with E-state index in [0.717, 1.165) is 32.1 Å². The molecule has 110 valence electrons. The Labute approximate surface area is 115 Å². The lowest BCUT2D eigenvalue weighted by Gasteiger charge is -2.39. The summed E-state index contributed by atoms with van der Waals surface area (Å²) in [4.78, 5) is 14.4. The van der Waals surface area contributed by atoms with Gasteiger partial charge in [0.15, 0.2) is 9.84 Å². The number of hydrogen-bond donors (Lipinski definition) is 1. The average molecular weight is 288 g/mol. The third-order valence-electron chi connectivity index (χ3n) is 4.73. The van der Waals surface area contributed by atoms with Gasteiger partial charge in [0.25, 0.3) is 0 Å². The maximum Gasteiger partial charge on any atom is 0.230 e. The van der Waals surface area contributed by atoms with Crippen LogP contribution >= 0.6 is 0 Å². The van der Waals surface area contributed by atoms with Crippen molar-refractivity contribution in [3.8, 4) is 0 Å². The first-order valence-electron chi connectivity index (χ1n) is 7.08. The van der Waals surface area contributed by atoms with E-state index in [2.05, 4.69) is 0 Å². The van der Waals surface area contributed by atoms with Crippen LogP contribution < -0.4 is 5.73 Å². The number of carbonyl (C=O) groups excluding carboxylic acids is 1. The standard InChI is InChI=1S/C13H24N2O3S/c1-15(11-5-8-19(17,18)9-11)12(16)13(10-14)6-3-2-4-7-13/h11H,2-10,14H2,1H3.